The van der Waals surface area contributed by atoms with Crippen LogP contribution in [0.4, 0.5) is 0 Å². The van der Waals surface area contributed by atoms with Gasteiger partial charge in [0.25, 0.3) is 0 Å². The van der Waals surface area contributed by atoms with Crippen molar-refractivity contribution in [3.05, 3.63) is 33.8 Å². The molecule has 2 rings (SSSR count). The number of likely N-dealkylation sites (tertiary alicyclic amines) is 1. The number of carbonyl (C=O) groups is 2. The molecule has 1 atom stereocenters. The second-order valence-electron chi connectivity index (χ2n) is 5.53. The predicted molar refractivity (Wildman–Crippen MR) is 84.2 cm³/mol. The van der Waals surface area contributed by atoms with E-state index in [0.717, 1.165) is 35.8 Å². The molecule has 1 aromatic carbocycles. The van der Waals surface area contributed by atoms with Crippen LogP contribution >= 0.6 is 15.9 Å². The van der Waals surface area contributed by atoms with Crippen LogP contribution in [-0.4, -0.2) is 28.4 Å². The summed E-state index contributed by atoms with van der Waals surface area (Å²) in [5.41, 5.74) is 1.20. The number of benzene rings is 1. The molecule has 4 nitrogen and oxygen atoms in total. The van der Waals surface area contributed by atoms with E-state index < -0.39 is 5.97 Å². The van der Waals surface area contributed by atoms with Crippen LogP contribution in [-0.2, 0) is 11.3 Å². The van der Waals surface area contributed by atoms with Gasteiger partial charge in [-0.15, -0.1) is 0 Å². The number of nitrogens with zero attached hydrogens (tertiary/aromatic N) is 1. The number of amides is 1. The van der Waals surface area contributed by atoms with E-state index in [2.05, 4.69) is 22.9 Å². The minimum atomic E-state index is -0.945. The van der Waals surface area contributed by atoms with Gasteiger partial charge in [0.1, 0.15) is 0 Å². The highest BCUT2D eigenvalue weighted by molar-refractivity contribution is 9.10. The Kier molecular flexibility index (Phi) is 5.39. The van der Waals surface area contributed by atoms with Crippen molar-refractivity contribution in [1.29, 1.82) is 0 Å². The van der Waals surface area contributed by atoms with E-state index in [1.807, 2.05) is 4.90 Å². The van der Waals surface area contributed by atoms with Crippen molar-refractivity contribution in [2.45, 2.75) is 39.2 Å². The van der Waals surface area contributed by atoms with Crippen molar-refractivity contribution in [1.82, 2.24) is 4.90 Å². The summed E-state index contributed by atoms with van der Waals surface area (Å²) in [4.78, 5) is 25.0. The minimum Gasteiger partial charge on any atom is -0.478 e. The SMILES string of the molecule is CCC1CCC(=O)N(Cc2ccc(C(=O)O)cc2Br)CC1. The first-order valence-electron chi connectivity index (χ1n) is 7.30. The number of hydrogen-bond acceptors (Lipinski definition) is 2. The van der Waals surface area contributed by atoms with Crippen LogP contribution in [0.3, 0.4) is 0 Å². The van der Waals surface area contributed by atoms with E-state index in [0.29, 0.717) is 18.9 Å². The molecule has 1 unspecified atom stereocenters. The Morgan fingerprint density at radius 3 is 2.81 bits per heavy atom. The third-order valence-electron chi connectivity index (χ3n) is 4.16. The highest BCUT2D eigenvalue weighted by Crippen LogP contribution is 2.25. The van der Waals surface area contributed by atoms with Gasteiger partial charge in [-0.1, -0.05) is 35.3 Å². The molecule has 1 fully saturated rings. The number of carbonyl (C=O) groups excluding carboxylic acids is 1. The largest absolute Gasteiger partial charge is 0.478 e. The van der Waals surface area contributed by atoms with E-state index >= 15 is 0 Å². The molecule has 1 aromatic rings. The van der Waals surface area contributed by atoms with Crippen LogP contribution in [0.15, 0.2) is 22.7 Å². The highest BCUT2D eigenvalue weighted by Gasteiger charge is 2.22. The fourth-order valence-electron chi connectivity index (χ4n) is 2.68. The van der Waals surface area contributed by atoms with Crippen LogP contribution in [0.5, 0.6) is 0 Å². The van der Waals surface area contributed by atoms with Gasteiger partial charge in [-0.3, -0.25) is 4.79 Å². The maximum Gasteiger partial charge on any atom is 0.335 e. The van der Waals surface area contributed by atoms with Crippen molar-refractivity contribution in [2.75, 3.05) is 6.54 Å². The lowest BCUT2D eigenvalue weighted by molar-refractivity contribution is -0.131. The molecule has 0 saturated carbocycles. The van der Waals surface area contributed by atoms with E-state index in [-0.39, 0.29) is 11.5 Å². The van der Waals surface area contributed by atoms with Crippen LogP contribution in [0.1, 0.15) is 48.5 Å². The molecule has 114 valence electrons. The third-order valence-corrected chi connectivity index (χ3v) is 4.90. The van der Waals surface area contributed by atoms with Gasteiger partial charge in [-0.2, -0.15) is 0 Å². The van der Waals surface area contributed by atoms with Crippen molar-refractivity contribution in [2.24, 2.45) is 5.92 Å². The van der Waals surface area contributed by atoms with E-state index in [1.165, 1.54) is 0 Å². The van der Waals surface area contributed by atoms with Gasteiger partial charge in [0, 0.05) is 24.0 Å². The molecule has 0 spiro atoms. The van der Waals surface area contributed by atoms with Crippen molar-refractivity contribution < 1.29 is 14.7 Å². The summed E-state index contributed by atoms with van der Waals surface area (Å²) in [6.45, 7) is 3.49. The third kappa shape index (κ3) is 4.06. The van der Waals surface area contributed by atoms with Gasteiger partial charge >= 0.3 is 5.97 Å². The topological polar surface area (TPSA) is 57.6 Å². The Hall–Kier alpha value is -1.36. The van der Waals surface area contributed by atoms with Gasteiger partial charge in [-0.05, 0) is 36.5 Å². The molecule has 1 heterocycles. The number of aromatic carboxylic acids is 1. The summed E-state index contributed by atoms with van der Waals surface area (Å²) < 4.78 is 0.742. The molecule has 1 aliphatic heterocycles. The minimum absolute atomic E-state index is 0.195. The van der Waals surface area contributed by atoms with Crippen molar-refractivity contribution >= 4 is 27.8 Å². The average molecular weight is 354 g/mol. The van der Waals surface area contributed by atoms with Gasteiger partial charge in [0.2, 0.25) is 5.91 Å². The summed E-state index contributed by atoms with van der Waals surface area (Å²) >= 11 is 3.41. The van der Waals surface area contributed by atoms with Crippen LogP contribution in [0.2, 0.25) is 0 Å². The standard InChI is InChI=1S/C16H20BrNO3/c1-2-11-3-6-15(19)18(8-7-11)10-13-5-4-12(16(20)21)9-14(13)17/h4-5,9,11H,2-3,6-8,10H2,1H3,(H,20,21). The summed E-state index contributed by atoms with van der Waals surface area (Å²) in [6.07, 6.45) is 3.76. The zero-order valence-electron chi connectivity index (χ0n) is 12.1. The number of halogens is 1. The molecule has 5 heteroatoms. The van der Waals surface area contributed by atoms with Gasteiger partial charge in [0.15, 0.2) is 0 Å². The molecule has 21 heavy (non-hydrogen) atoms. The average Bonchev–Trinajstić information content (AvgIpc) is 2.63. The molecule has 0 aliphatic carbocycles. The van der Waals surface area contributed by atoms with Crippen molar-refractivity contribution in [3.63, 3.8) is 0 Å². The quantitative estimate of drug-likeness (QED) is 0.897. The monoisotopic (exact) mass is 353 g/mol. The van der Waals surface area contributed by atoms with Gasteiger partial charge < -0.3 is 10.0 Å². The second kappa shape index (κ2) is 7.07. The fourth-order valence-corrected chi connectivity index (χ4v) is 3.19. The predicted octanol–water partition coefficient (Wildman–Crippen LogP) is 3.69. The van der Waals surface area contributed by atoms with Gasteiger partial charge in [0.05, 0.1) is 5.56 Å². The molecule has 1 N–H and O–H groups in total. The lowest BCUT2D eigenvalue weighted by atomic mass is 9.98. The molecule has 0 radical (unpaired) electrons. The number of carboxylic acids is 1. The first-order chi connectivity index (χ1) is 10.0. The van der Waals surface area contributed by atoms with E-state index in [4.69, 9.17) is 5.11 Å². The fraction of sp³-hybridized carbons (Fsp3) is 0.500. The number of rotatable bonds is 4. The number of hydrogen-bond donors (Lipinski definition) is 1. The van der Waals surface area contributed by atoms with Crippen molar-refractivity contribution in [3.8, 4) is 0 Å². The number of carboxylic acid groups (broad SMARTS) is 1. The first-order valence-corrected chi connectivity index (χ1v) is 8.10. The maximum absolute atomic E-state index is 12.2. The first kappa shape index (κ1) is 16.0. The van der Waals surface area contributed by atoms with Crippen LogP contribution in [0.25, 0.3) is 0 Å². The lowest BCUT2D eigenvalue weighted by Crippen LogP contribution is -2.30. The molecule has 1 amide bonds. The molecule has 1 saturated heterocycles. The molecule has 0 aromatic heterocycles. The van der Waals surface area contributed by atoms with E-state index in [1.54, 1.807) is 18.2 Å². The Bertz CT molecular complexity index is 544. The van der Waals surface area contributed by atoms with Crippen LogP contribution in [0, 0.1) is 5.92 Å². The molecular formula is C16H20BrNO3. The molecule has 1 aliphatic rings. The smallest absolute Gasteiger partial charge is 0.335 e. The normalized spacial score (nSPS) is 19.4. The Labute approximate surface area is 133 Å². The zero-order valence-corrected chi connectivity index (χ0v) is 13.7. The Morgan fingerprint density at radius 2 is 2.19 bits per heavy atom. The Morgan fingerprint density at radius 1 is 1.43 bits per heavy atom. The van der Waals surface area contributed by atoms with Gasteiger partial charge in [-0.25, -0.2) is 4.79 Å². The second-order valence-corrected chi connectivity index (χ2v) is 6.38. The summed E-state index contributed by atoms with van der Waals surface area (Å²) in [5, 5.41) is 8.97. The zero-order chi connectivity index (χ0) is 15.4. The van der Waals surface area contributed by atoms with E-state index in [9.17, 15) is 9.59 Å². The summed E-state index contributed by atoms with van der Waals surface area (Å²) in [7, 11) is 0. The maximum atomic E-state index is 12.2. The summed E-state index contributed by atoms with van der Waals surface area (Å²) in [6, 6.07) is 4.96. The highest BCUT2D eigenvalue weighted by atomic mass is 79.9. The Balaban J connectivity index is 2.10. The molecule has 0 bridgehead atoms. The lowest BCUT2D eigenvalue weighted by Gasteiger charge is -2.21. The molecular weight excluding hydrogens is 334 g/mol. The summed E-state index contributed by atoms with van der Waals surface area (Å²) in [5.74, 6) is -0.115. The van der Waals surface area contributed by atoms with Crippen LogP contribution < -0.4 is 0 Å².